The van der Waals surface area contributed by atoms with Gasteiger partial charge in [-0.25, -0.2) is 13.6 Å². The number of ether oxygens (including phenoxy) is 1. The van der Waals surface area contributed by atoms with Gasteiger partial charge in [-0.05, 0) is 105 Å². The number of nitrogens with zero attached hydrogens (tertiary/aromatic N) is 1. The summed E-state index contributed by atoms with van der Waals surface area (Å²) in [7, 11) is -3.69. The smallest absolute Gasteiger partial charge is 0.303 e. The lowest BCUT2D eigenvalue weighted by atomic mass is 9.90. The summed E-state index contributed by atoms with van der Waals surface area (Å²) >= 11 is 0. The van der Waals surface area contributed by atoms with E-state index >= 15 is 0 Å². The van der Waals surface area contributed by atoms with Crippen LogP contribution in [-0.2, 0) is 19.6 Å². The first-order valence-corrected chi connectivity index (χ1v) is 18.9. The van der Waals surface area contributed by atoms with E-state index in [1.165, 1.54) is 12.1 Å². The fourth-order valence-corrected chi connectivity index (χ4v) is 6.45. The fraction of sp³-hybridized carbons (Fsp3) is 0.436. The Morgan fingerprint density at radius 1 is 1.06 bits per heavy atom. The number of carboxylic acid groups (broad SMARTS) is 1. The molecule has 272 valence electrons. The zero-order chi connectivity index (χ0) is 36.7. The van der Waals surface area contributed by atoms with E-state index < -0.39 is 28.2 Å². The van der Waals surface area contributed by atoms with Gasteiger partial charge in [0.2, 0.25) is 10.0 Å². The predicted molar refractivity (Wildman–Crippen MR) is 196 cm³/mol. The second-order valence-corrected chi connectivity index (χ2v) is 14.2. The molecule has 10 nitrogen and oxygen atoms in total. The van der Waals surface area contributed by atoms with Gasteiger partial charge in [0, 0.05) is 36.6 Å². The lowest BCUT2D eigenvalue weighted by molar-refractivity contribution is -0.137. The number of carbonyl (C=O) groups excluding carboxylic acids is 1. The number of Topliss-reactive ketones (excluding diaryl/α,β-unsaturated/α-hetero) is 1. The van der Waals surface area contributed by atoms with E-state index in [1.54, 1.807) is 24.3 Å². The van der Waals surface area contributed by atoms with Crippen molar-refractivity contribution in [2.45, 2.75) is 95.7 Å². The molecule has 0 unspecified atom stereocenters. The van der Waals surface area contributed by atoms with Gasteiger partial charge in [0.05, 0.1) is 29.4 Å². The highest BCUT2D eigenvalue weighted by Crippen LogP contribution is 2.33. The van der Waals surface area contributed by atoms with Crippen molar-refractivity contribution in [1.29, 1.82) is 0 Å². The number of sulfonamides is 1. The van der Waals surface area contributed by atoms with Gasteiger partial charge in [0.25, 0.3) is 0 Å². The second kappa shape index (κ2) is 20.0. The van der Waals surface area contributed by atoms with Crippen LogP contribution in [0.5, 0.6) is 5.75 Å². The number of primary sulfonamides is 1. The number of hydrogen-bond donors (Lipinski definition) is 4. The average Bonchev–Trinajstić information content (AvgIpc) is 3.59. The highest BCUT2D eigenvalue weighted by atomic mass is 32.2. The summed E-state index contributed by atoms with van der Waals surface area (Å²) in [5.74, 6) is -0.427. The molecule has 2 aromatic carbocycles. The molecule has 1 saturated carbocycles. The van der Waals surface area contributed by atoms with Crippen LogP contribution in [0, 0.1) is 18.8 Å². The number of ketones is 1. The van der Waals surface area contributed by atoms with E-state index in [1.807, 2.05) is 61.0 Å². The van der Waals surface area contributed by atoms with Gasteiger partial charge < -0.3 is 24.6 Å². The highest BCUT2D eigenvalue weighted by Gasteiger charge is 2.39. The van der Waals surface area contributed by atoms with Crippen molar-refractivity contribution in [2.75, 3.05) is 6.61 Å². The standard InChI is InChI=1S/C20H32O5.C19H20N2O3S/c1-2-3-6-9-15(21)12-13-17-16(18(22)14-19(17)23)10-7-4-5-8-11-20(24)25;1-3-24-17-8-4-15(5-9-17)19-12-14(2)13-21(19)16-6-10-18(11-7-16)25(20,22)23/h4,7,12-13,15-17,19,21,23H,2-3,5-6,8-11,14H2,1H3,(H,24,25);4-13H,3H2,1-2H3,(H2,20,22,23)/b7-4-,13-12+;/t15-,16+,17+,19+;/m0./s1. The molecule has 0 spiro atoms. The van der Waals surface area contributed by atoms with Crippen LogP contribution in [0.15, 0.2) is 90.0 Å². The number of allylic oxidation sites excluding steroid dienone is 2. The third-order valence-electron chi connectivity index (χ3n) is 8.57. The molecular weight excluding hydrogens is 657 g/mol. The second-order valence-electron chi connectivity index (χ2n) is 12.6. The monoisotopic (exact) mass is 708 g/mol. The summed E-state index contributed by atoms with van der Waals surface area (Å²) in [4.78, 5) is 22.6. The lowest BCUT2D eigenvalue weighted by Gasteiger charge is -2.16. The Kier molecular flexibility index (Phi) is 16.1. The Morgan fingerprint density at radius 3 is 2.38 bits per heavy atom. The van der Waals surface area contributed by atoms with Crippen LogP contribution in [0.1, 0.15) is 77.2 Å². The van der Waals surface area contributed by atoms with Gasteiger partial charge in [-0.3, -0.25) is 9.59 Å². The van der Waals surface area contributed by atoms with E-state index in [2.05, 4.69) is 13.0 Å². The van der Waals surface area contributed by atoms with E-state index in [0.717, 1.165) is 47.5 Å². The van der Waals surface area contributed by atoms with Crippen LogP contribution in [-0.4, -0.2) is 58.9 Å². The molecule has 0 aliphatic heterocycles. The molecule has 50 heavy (non-hydrogen) atoms. The van der Waals surface area contributed by atoms with Crippen molar-refractivity contribution in [3.63, 3.8) is 0 Å². The first kappa shape index (κ1) is 40.4. The van der Waals surface area contributed by atoms with Crippen molar-refractivity contribution in [3.8, 4) is 22.7 Å². The van der Waals surface area contributed by atoms with Gasteiger partial charge in [0.15, 0.2) is 0 Å². The van der Waals surface area contributed by atoms with Gasteiger partial charge in [-0.15, -0.1) is 0 Å². The number of nitrogens with two attached hydrogens (primary N) is 1. The molecule has 3 aromatic rings. The van der Waals surface area contributed by atoms with Crippen LogP contribution in [0.25, 0.3) is 16.9 Å². The summed E-state index contributed by atoms with van der Waals surface area (Å²) < 4.78 is 30.3. The van der Waals surface area contributed by atoms with Crippen LogP contribution < -0.4 is 9.88 Å². The number of unbranched alkanes of at least 4 members (excludes halogenated alkanes) is 3. The minimum Gasteiger partial charge on any atom is -0.494 e. The molecule has 0 bridgehead atoms. The normalized spacial score (nSPS) is 18.4. The van der Waals surface area contributed by atoms with E-state index in [0.29, 0.717) is 32.3 Å². The summed E-state index contributed by atoms with van der Waals surface area (Å²) in [6, 6.07) is 16.5. The molecule has 1 fully saturated rings. The van der Waals surface area contributed by atoms with Crippen LogP contribution in [0.3, 0.4) is 0 Å². The van der Waals surface area contributed by atoms with E-state index in [-0.39, 0.29) is 35.4 Å². The molecular formula is C39H52N2O8S. The SMILES string of the molecule is CCCCC[C@H](O)/C=C/[C@H]1[C@H](O)CC(=O)[C@@H]1C/C=C\CCCC(=O)O.CCOc1ccc(-c2cc(C)cn2-c2ccc(S(N)(=O)=O)cc2)cc1. The molecule has 0 amide bonds. The van der Waals surface area contributed by atoms with Crippen LogP contribution in [0.4, 0.5) is 0 Å². The average molecular weight is 709 g/mol. The number of benzene rings is 2. The Balaban J connectivity index is 0.000000270. The predicted octanol–water partition coefficient (Wildman–Crippen LogP) is 6.75. The van der Waals surface area contributed by atoms with E-state index in [4.69, 9.17) is 15.0 Å². The number of carboxylic acids is 1. The number of aliphatic hydroxyl groups is 2. The molecule has 1 aliphatic rings. The third kappa shape index (κ3) is 12.7. The van der Waals surface area contributed by atoms with Gasteiger partial charge in [-0.2, -0.15) is 0 Å². The van der Waals surface area contributed by atoms with Crippen molar-refractivity contribution in [3.05, 3.63) is 90.7 Å². The van der Waals surface area contributed by atoms with Gasteiger partial charge >= 0.3 is 5.97 Å². The summed E-state index contributed by atoms with van der Waals surface area (Å²) in [6.07, 6.45) is 14.1. The molecule has 0 radical (unpaired) electrons. The van der Waals surface area contributed by atoms with Gasteiger partial charge in [-0.1, -0.05) is 50.5 Å². The Hall–Kier alpha value is -4.03. The summed E-state index contributed by atoms with van der Waals surface area (Å²) in [5.41, 5.74) is 4.04. The molecule has 1 aromatic heterocycles. The first-order chi connectivity index (χ1) is 23.8. The summed E-state index contributed by atoms with van der Waals surface area (Å²) in [6.45, 7) is 6.72. The number of carbonyl (C=O) groups is 2. The first-order valence-electron chi connectivity index (χ1n) is 17.3. The molecule has 5 N–H and O–H groups in total. The number of aromatic nitrogens is 1. The van der Waals surface area contributed by atoms with Crippen LogP contribution in [0.2, 0.25) is 0 Å². The topological polar surface area (TPSA) is 169 Å². The number of rotatable bonds is 17. The number of aliphatic hydroxyl groups excluding tert-OH is 2. The van der Waals surface area contributed by atoms with Crippen molar-refractivity contribution in [2.24, 2.45) is 17.0 Å². The maximum Gasteiger partial charge on any atom is 0.303 e. The Morgan fingerprint density at radius 2 is 1.76 bits per heavy atom. The minimum absolute atomic E-state index is 0.0535. The molecule has 11 heteroatoms. The number of aliphatic carboxylic acids is 1. The van der Waals surface area contributed by atoms with Crippen molar-refractivity contribution >= 4 is 21.8 Å². The lowest BCUT2D eigenvalue weighted by Crippen LogP contribution is -2.18. The maximum absolute atomic E-state index is 12.1. The number of hydrogen-bond acceptors (Lipinski definition) is 7. The third-order valence-corrected chi connectivity index (χ3v) is 9.50. The molecule has 0 saturated heterocycles. The fourth-order valence-electron chi connectivity index (χ4n) is 5.93. The zero-order valence-corrected chi connectivity index (χ0v) is 30.1. The largest absolute Gasteiger partial charge is 0.494 e. The quantitative estimate of drug-likeness (QED) is 0.0882. The Bertz CT molecular complexity index is 1680. The number of aryl methyl sites for hydroxylation is 1. The summed E-state index contributed by atoms with van der Waals surface area (Å²) in [5, 5.41) is 33.8. The van der Waals surface area contributed by atoms with Crippen molar-refractivity contribution in [1.82, 2.24) is 4.57 Å². The molecule has 4 rings (SSSR count). The van der Waals surface area contributed by atoms with Gasteiger partial charge in [0.1, 0.15) is 11.5 Å². The zero-order valence-electron chi connectivity index (χ0n) is 29.3. The Labute approximate surface area is 296 Å². The van der Waals surface area contributed by atoms with Crippen LogP contribution >= 0.6 is 0 Å². The van der Waals surface area contributed by atoms with Crippen molar-refractivity contribution < 1.29 is 38.1 Å². The molecule has 1 aliphatic carbocycles. The van der Waals surface area contributed by atoms with E-state index in [9.17, 15) is 28.2 Å². The molecule has 4 atom stereocenters. The minimum atomic E-state index is -3.69. The highest BCUT2D eigenvalue weighted by molar-refractivity contribution is 7.89. The molecule has 1 heterocycles. The maximum atomic E-state index is 12.1.